The van der Waals surface area contributed by atoms with Crippen LogP contribution in [0.25, 0.3) is 11.1 Å². The molecule has 0 N–H and O–H groups in total. The number of hydrogen-bond donors (Lipinski definition) is 0. The Morgan fingerprint density at radius 1 is 0.482 bits per heavy atom. The minimum Gasteiger partial charge on any atom is -0.486 e. The molecule has 0 aliphatic carbocycles. The largest absolute Gasteiger partial charge is 0.486 e. The average Bonchev–Trinajstić information content (AvgIpc) is 3.19. The zero-order chi connectivity index (χ0) is 38.5. The Balaban J connectivity index is 1.30. The molecule has 4 heterocycles. The van der Waals surface area contributed by atoms with Gasteiger partial charge in [-0.25, -0.2) is 0 Å². The van der Waals surface area contributed by atoms with E-state index in [0.29, 0.717) is 26.4 Å². The number of nitrogens with zero attached hydrogens (tertiary/aromatic N) is 2. The summed E-state index contributed by atoms with van der Waals surface area (Å²) < 4.78 is 24.8. The Labute approximate surface area is 330 Å². The third kappa shape index (κ3) is 5.54. The van der Waals surface area contributed by atoms with Crippen molar-refractivity contribution in [2.24, 2.45) is 0 Å². The molecular formula is C49H47BN2O4. The predicted molar refractivity (Wildman–Crippen MR) is 230 cm³/mol. The van der Waals surface area contributed by atoms with E-state index in [1.54, 1.807) is 0 Å². The van der Waals surface area contributed by atoms with Crippen LogP contribution in [0.2, 0.25) is 0 Å². The lowest BCUT2D eigenvalue weighted by molar-refractivity contribution is 0.171. The summed E-state index contributed by atoms with van der Waals surface area (Å²) in [6.45, 7) is 18.0. The summed E-state index contributed by atoms with van der Waals surface area (Å²) in [5.74, 6) is 3.07. The summed E-state index contributed by atoms with van der Waals surface area (Å²) in [4.78, 5) is 4.93. The molecule has 0 spiro atoms. The Bertz CT molecular complexity index is 2550. The Kier molecular flexibility index (Phi) is 7.80. The first-order valence-corrected chi connectivity index (χ1v) is 19.9. The number of ether oxygens (including phenoxy) is 4. The molecule has 0 aromatic heterocycles. The lowest BCUT2D eigenvalue weighted by Gasteiger charge is -2.45. The molecule has 10 rings (SSSR count). The molecule has 56 heavy (non-hydrogen) atoms. The summed E-state index contributed by atoms with van der Waals surface area (Å²) in [5, 5.41) is 0. The topological polar surface area (TPSA) is 43.4 Å². The van der Waals surface area contributed by atoms with E-state index in [4.69, 9.17) is 18.9 Å². The van der Waals surface area contributed by atoms with Gasteiger partial charge in [0.1, 0.15) is 26.4 Å². The Morgan fingerprint density at radius 2 is 1.05 bits per heavy atom. The van der Waals surface area contributed by atoms with Gasteiger partial charge in [0.25, 0.3) is 6.71 Å². The van der Waals surface area contributed by atoms with Gasteiger partial charge < -0.3 is 28.7 Å². The maximum absolute atomic E-state index is 6.32. The van der Waals surface area contributed by atoms with Crippen molar-refractivity contribution in [3.05, 3.63) is 126 Å². The van der Waals surface area contributed by atoms with Crippen LogP contribution in [0.4, 0.5) is 34.1 Å². The molecule has 6 aromatic carbocycles. The van der Waals surface area contributed by atoms with Crippen molar-refractivity contribution >= 4 is 57.2 Å². The van der Waals surface area contributed by atoms with Crippen molar-refractivity contribution in [1.29, 1.82) is 0 Å². The van der Waals surface area contributed by atoms with Crippen LogP contribution in [0.3, 0.4) is 0 Å². The highest BCUT2D eigenvalue weighted by atomic mass is 16.6. The van der Waals surface area contributed by atoms with Gasteiger partial charge in [0.2, 0.25) is 0 Å². The van der Waals surface area contributed by atoms with E-state index in [0.717, 1.165) is 45.7 Å². The third-order valence-electron chi connectivity index (χ3n) is 11.7. The molecular weight excluding hydrogens is 691 g/mol. The van der Waals surface area contributed by atoms with Crippen molar-refractivity contribution < 1.29 is 18.9 Å². The first kappa shape index (κ1) is 34.7. The van der Waals surface area contributed by atoms with Crippen LogP contribution in [0.1, 0.15) is 58.2 Å². The van der Waals surface area contributed by atoms with Crippen LogP contribution >= 0.6 is 0 Å². The zero-order valence-electron chi connectivity index (χ0n) is 33.3. The monoisotopic (exact) mass is 738 g/mol. The third-order valence-corrected chi connectivity index (χ3v) is 11.7. The fourth-order valence-electron chi connectivity index (χ4n) is 8.89. The van der Waals surface area contributed by atoms with Gasteiger partial charge in [0, 0.05) is 40.4 Å². The summed E-state index contributed by atoms with van der Waals surface area (Å²) in [6.07, 6.45) is 0. The summed E-state index contributed by atoms with van der Waals surface area (Å²) >= 11 is 0. The van der Waals surface area contributed by atoms with Gasteiger partial charge in [-0.1, -0.05) is 90.1 Å². The number of benzene rings is 6. The predicted octanol–water partition coefficient (Wildman–Crippen LogP) is 9.88. The van der Waals surface area contributed by atoms with Crippen molar-refractivity contribution in [2.45, 2.75) is 59.3 Å². The van der Waals surface area contributed by atoms with Crippen LogP contribution < -0.4 is 45.1 Å². The molecule has 7 heteroatoms. The SMILES string of the molecule is Cc1cc2c3c(c1)N(c1ccc(C(C)(C)C)cc1-c1ccccc1)c1ccc(C(C)(C)C)cc1B3c1cc3c(cc1N2c1ccc2c(c1)OCCO2)OCCO3. The molecule has 0 saturated carbocycles. The van der Waals surface area contributed by atoms with Gasteiger partial charge in [-0.05, 0) is 105 Å². The number of anilines is 6. The molecule has 0 amide bonds. The second-order valence-electron chi connectivity index (χ2n) is 17.6. The zero-order valence-corrected chi connectivity index (χ0v) is 33.3. The van der Waals surface area contributed by atoms with E-state index in [-0.39, 0.29) is 17.5 Å². The lowest BCUT2D eigenvalue weighted by Crippen LogP contribution is -2.61. The van der Waals surface area contributed by atoms with Gasteiger partial charge in [-0.3, -0.25) is 0 Å². The minimum atomic E-state index is -0.0672. The van der Waals surface area contributed by atoms with Gasteiger partial charge in [0.15, 0.2) is 23.0 Å². The second kappa shape index (κ2) is 12.6. The van der Waals surface area contributed by atoms with E-state index >= 15 is 0 Å². The maximum atomic E-state index is 6.32. The molecule has 0 bridgehead atoms. The summed E-state index contributed by atoms with van der Waals surface area (Å²) in [6, 6.07) is 40.5. The second-order valence-corrected chi connectivity index (χ2v) is 17.6. The molecule has 4 aliphatic heterocycles. The van der Waals surface area contributed by atoms with Gasteiger partial charge in [0.05, 0.1) is 11.4 Å². The molecule has 6 nitrogen and oxygen atoms in total. The molecule has 0 fully saturated rings. The summed E-state index contributed by atoms with van der Waals surface area (Å²) in [7, 11) is 0. The fourth-order valence-corrected chi connectivity index (χ4v) is 8.89. The van der Waals surface area contributed by atoms with Gasteiger partial charge in [-0.2, -0.15) is 0 Å². The highest BCUT2D eigenvalue weighted by Crippen LogP contribution is 2.50. The highest BCUT2D eigenvalue weighted by molar-refractivity contribution is 7.00. The fraction of sp³-hybridized carbons (Fsp3) is 0.265. The molecule has 0 radical (unpaired) electrons. The van der Waals surface area contributed by atoms with Crippen LogP contribution in [-0.2, 0) is 10.8 Å². The van der Waals surface area contributed by atoms with E-state index in [9.17, 15) is 0 Å². The van der Waals surface area contributed by atoms with Crippen molar-refractivity contribution in [3.63, 3.8) is 0 Å². The number of rotatable bonds is 3. The molecule has 0 atom stereocenters. The normalized spacial score (nSPS) is 15.2. The van der Waals surface area contributed by atoms with Crippen LogP contribution in [0.5, 0.6) is 23.0 Å². The van der Waals surface area contributed by atoms with E-state index < -0.39 is 0 Å². The van der Waals surface area contributed by atoms with Crippen molar-refractivity contribution in [3.8, 4) is 34.1 Å². The molecule has 4 aliphatic rings. The van der Waals surface area contributed by atoms with Crippen LogP contribution in [0.15, 0.2) is 109 Å². The first-order chi connectivity index (χ1) is 26.9. The van der Waals surface area contributed by atoms with Crippen LogP contribution in [-0.4, -0.2) is 33.1 Å². The highest BCUT2D eigenvalue weighted by Gasteiger charge is 2.45. The minimum absolute atomic E-state index is 0.0180. The molecule has 6 aromatic rings. The lowest BCUT2D eigenvalue weighted by atomic mass is 9.33. The van der Waals surface area contributed by atoms with Crippen molar-refractivity contribution in [1.82, 2.24) is 0 Å². The van der Waals surface area contributed by atoms with E-state index in [1.165, 1.54) is 55.6 Å². The van der Waals surface area contributed by atoms with E-state index in [2.05, 4.69) is 161 Å². The molecule has 0 saturated heterocycles. The van der Waals surface area contributed by atoms with Gasteiger partial charge >= 0.3 is 0 Å². The molecule has 280 valence electrons. The van der Waals surface area contributed by atoms with Crippen molar-refractivity contribution in [2.75, 3.05) is 36.2 Å². The standard InChI is InChI=1S/C49H47BN2O4/c1-30-23-41-47-42(24-30)52(38-16-13-32(48(2,3)4)25-35(38)31-11-9-8-10-12-31)39-17-14-33(49(5,6)7)26-36(39)50(47)37-28-45-46(56-22-21-55-45)29-40(37)51(41)34-15-18-43-44(27-34)54-20-19-53-43/h8-18,23-29H,19-22H2,1-7H3. The average molecular weight is 739 g/mol. The maximum Gasteiger partial charge on any atom is 0.252 e. The van der Waals surface area contributed by atoms with Gasteiger partial charge in [-0.15, -0.1) is 0 Å². The summed E-state index contributed by atoms with van der Waals surface area (Å²) in [5.41, 5.74) is 16.5. The van der Waals surface area contributed by atoms with Crippen LogP contribution in [0, 0.1) is 6.92 Å². The quantitative estimate of drug-likeness (QED) is 0.168. The smallest absolute Gasteiger partial charge is 0.252 e. The number of fused-ring (bicyclic) bond motifs is 6. The number of hydrogen-bond acceptors (Lipinski definition) is 6. The number of aryl methyl sites for hydroxylation is 1. The Morgan fingerprint density at radius 3 is 1.73 bits per heavy atom. The first-order valence-electron chi connectivity index (χ1n) is 19.9. The van der Waals surface area contributed by atoms with E-state index in [1.807, 2.05) is 6.07 Å². The molecule has 0 unspecified atom stereocenters. The Hall–Kier alpha value is -5.82.